The number of rotatable bonds is 7. The Labute approximate surface area is 148 Å². The lowest BCUT2D eigenvalue weighted by Crippen LogP contribution is -2.20. The van der Waals surface area contributed by atoms with Crippen LogP contribution in [0.25, 0.3) is 0 Å². The number of alkyl halides is 3. The van der Waals surface area contributed by atoms with E-state index < -0.39 is 17.8 Å². The maximum atomic E-state index is 12.4. The Morgan fingerprint density at radius 2 is 1.80 bits per heavy atom. The van der Waals surface area contributed by atoms with E-state index in [1.807, 2.05) is 19.1 Å². The van der Waals surface area contributed by atoms with E-state index in [1.165, 1.54) is 6.07 Å². The Morgan fingerprint density at radius 1 is 1.12 bits per heavy atom. The number of hydrogen-bond donors (Lipinski definition) is 1. The SMILES string of the molecule is CCc1ccc(OCC(=O)Nc2ccccc2SCC(F)(F)F)cc1. The van der Waals surface area contributed by atoms with Crippen molar-refractivity contribution in [3.8, 4) is 5.75 Å². The number of halogens is 3. The Kier molecular flexibility index (Phi) is 6.75. The van der Waals surface area contributed by atoms with E-state index in [0.29, 0.717) is 28.1 Å². The molecule has 3 nitrogen and oxygen atoms in total. The van der Waals surface area contributed by atoms with Gasteiger partial charge >= 0.3 is 6.18 Å². The lowest BCUT2D eigenvalue weighted by molar-refractivity contribution is -0.118. The van der Waals surface area contributed by atoms with Gasteiger partial charge in [0.15, 0.2) is 6.61 Å². The first-order valence-electron chi connectivity index (χ1n) is 7.67. The van der Waals surface area contributed by atoms with E-state index in [0.717, 1.165) is 12.0 Å². The fourth-order valence-corrected chi connectivity index (χ4v) is 2.78. The highest BCUT2D eigenvalue weighted by Crippen LogP contribution is 2.32. The number of hydrogen-bond acceptors (Lipinski definition) is 3. The summed E-state index contributed by atoms with van der Waals surface area (Å²) in [6.45, 7) is 1.82. The molecule has 0 bridgehead atoms. The van der Waals surface area contributed by atoms with Crippen LogP contribution in [0, 0.1) is 0 Å². The van der Waals surface area contributed by atoms with E-state index in [-0.39, 0.29) is 6.61 Å². The maximum absolute atomic E-state index is 12.4. The number of carbonyl (C=O) groups is 1. The lowest BCUT2D eigenvalue weighted by atomic mass is 10.2. The molecular weight excluding hydrogens is 351 g/mol. The zero-order valence-electron chi connectivity index (χ0n) is 13.6. The minimum Gasteiger partial charge on any atom is -0.484 e. The highest BCUT2D eigenvalue weighted by atomic mass is 32.2. The van der Waals surface area contributed by atoms with Gasteiger partial charge in [-0.2, -0.15) is 13.2 Å². The Morgan fingerprint density at radius 3 is 2.44 bits per heavy atom. The number of anilines is 1. The van der Waals surface area contributed by atoms with Gasteiger partial charge in [0, 0.05) is 4.90 Å². The molecule has 0 unspecified atom stereocenters. The number of thioether (sulfide) groups is 1. The van der Waals surface area contributed by atoms with Crippen LogP contribution in [0.1, 0.15) is 12.5 Å². The predicted octanol–water partition coefficient (Wildman–Crippen LogP) is 4.92. The van der Waals surface area contributed by atoms with Crippen LogP contribution in [0.5, 0.6) is 5.75 Å². The molecule has 0 aliphatic carbocycles. The van der Waals surface area contributed by atoms with Gasteiger partial charge in [0.05, 0.1) is 11.4 Å². The van der Waals surface area contributed by atoms with Crippen LogP contribution in [0.4, 0.5) is 18.9 Å². The molecule has 0 spiro atoms. The summed E-state index contributed by atoms with van der Waals surface area (Å²) in [6, 6.07) is 13.8. The Hall–Kier alpha value is -2.15. The predicted molar refractivity (Wildman–Crippen MR) is 93.2 cm³/mol. The summed E-state index contributed by atoms with van der Waals surface area (Å²) in [4.78, 5) is 12.4. The average Bonchev–Trinajstić information content (AvgIpc) is 2.59. The molecular formula is C18H18F3NO2S. The first-order valence-corrected chi connectivity index (χ1v) is 8.66. The van der Waals surface area contributed by atoms with Gasteiger partial charge < -0.3 is 10.1 Å². The van der Waals surface area contributed by atoms with Crippen LogP contribution in [0.15, 0.2) is 53.4 Å². The fraction of sp³-hybridized carbons (Fsp3) is 0.278. The van der Waals surface area contributed by atoms with Crippen molar-refractivity contribution in [3.63, 3.8) is 0 Å². The molecule has 2 rings (SSSR count). The van der Waals surface area contributed by atoms with E-state index >= 15 is 0 Å². The van der Waals surface area contributed by atoms with Crippen LogP contribution in [0.2, 0.25) is 0 Å². The first kappa shape index (κ1) is 19.2. The van der Waals surface area contributed by atoms with E-state index in [4.69, 9.17) is 4.74 Å². The van der Waals surface area contributed by atoms with Gasteiger partial charge in [-0.05, 0) is 36.2 Å². The average molecular weight is 369 g/mol. The zero-order valence-corrected chi connectivity index (χ0v) is 14.4. The molecule has 0 aliphatic heterocycles. The molecule has 1 amide bonds. The molecule has 2 aromatic rings. The summed E-state index contributed by atoms with van der Waals surface area (Å²) in [5, 5.41) is 2.59. The van der Waals surface area contributed by atoms with Gasteiger partial charge in [0.1, 0.15) is 5.75 Å². The second-order valence-corrected chi connectivity index (χ2v) is 6.25. The van der Waals surface area contributed by atoms with E-state index in [1.54, 1.807) is 30.3 Å². The summed E-state index contributed by atoms with van der Waals surface area (Å²) in [5.41, 5.74) is 1.50. The minimum absolute atomic E-state index is 0.219. The third-order valence-electron chi connectivity index (χ3n) is 3.25. The van der Waals surface area contributed by atoms with Gasteiger partial charge in [0.2, 0.25) is 0 Å². The van der Waals surface area contributed by atoms with Crippen molar-refractivity contribution in [2.24, 2.45) is 0 Å². The largest absolute Gasteiger partial charge is 0.484 e. The van der Waals surface area contributed by atoms with Crippen molar-refractivity contribution in [1.82, 2.24) is 0 Å². The zero-order chi connectivity index (χ0) is 18.3. The molecule has 0 heterocycles. The van der Waals surface area contributed by atoms with Crippen LogP contribution in [-0.4, -0.2) is 24.4 Å². The van der Waals surface area contributed by atoms with Crippen molar-refractivity contribution in [2.45, 2.75) is 24.4 Å². The normalized spacial score (nSPS) is 11.2. The van der Waals surface area contributed by atoms with Crippen molar-refractivity contribution in [3.05, 3.63) is 54.1 Å². The molecule has 0 saturated heterocycles. The smallest absolute Gasteiger partial charge is 0.398 e. The van der Waals surface area contributed by atoms with Gasteiger partial charge in [-0.25, -0.2) is 0 Å². The summed E-state index contributed by atoms with van der Waals surface area (Å²) in [5.74, 6) is -0.883. The number of benzene rings is 2. The molecule has 0 aliphatic rings. The lowest BCUT2D eigenvalue weighted by Gasteiger charge is -2.12. The molecule has 0 radical (unpaired) electrons. The topological polar surface area (TPSA) is 38.3 Å². The summed E-state index contributed by atoms with van der Waals surface area (Å²) < 4.78 is 42.5. The quantitative estimate of drug-likeness (QED) is 0.704. The van der Waals surface area contributed by atoms with Crippen molar-refractivity contribution in [2.75, 3.05) is 17.7 Å². The van der Waals surface area contributed by atoms with Gasteiger partial charge in [-0.3, -0.25) is 4.79 Å². The standard InChI is InChI=1S/C18H18F3NO2S/c1-2-13-7-9-14(10-8-13)24-11-17(23)22-15-5-3-4-6-16(15)25-12-18(19,20)21/h3-10H,2,11-12H2,1H3,(H,22,23). The molecule has 25 heavy (non-hydrogen) atoms. The number of carbonyl (C=O) groups excluding carboxylic acids is 1. The molecule has 0 atom stereocenters. The molecule has 0 aromatic heterocycles. The second kappa shape index (κ2) is 8.80. The van der Waals surface area contributed by atoms with Crippen LogP contribution in [0.3, 0.4) is 0 Å². The highest BCUT2D eigenvalue weighted by Gasteiger charge is 2.27. The highest BCUT2D eigenvalue weighted by molar-refractivity contribution is 7.99. The molecule has 2 aromatic carbocycles. The number of ether oxygens (including phenoxy) is 1. The summed E-state index contributed by atoms with van der Waals surface area (Å²) in [6.07, 6.45) is -3.36. The van der Waals surface area contributed by atoms with Gasteiger partial charge in [-0.1, -0.05) is 31.2 Å². The van der Waals surface area contributed by atoms with Gasteiger partial charge in [0.25, 0.3) is 5.91 Å². The maximum Gasteiger partial charge on any atom is 0.398 e. The van der Waals surface area contributed by atoms with Crippen LogP contribution >= 0.6 is 11.8 Å². The van der Waals surface area contributed by atoms with E-state index in [2.05, 4.69) is 5.32 Å². The van der Waals surface area contributed by atoms with Crippen LogP contribution in [-0.2, 0) is 11.2 Å². The van der Waals surface area contributed by atoms with Crippen molar-refractivity contribution >= 4 is 23.4 Å². The second-order valence-electron chi connectivity index (χ2n) is 5.23. The van der Waals surface area contributed by atoms with Crippen LogP contribution < -0.4 is 10.1 Å². The molecule has 7 heteroatoms. The Balaban J connectivity index is 1.91. The minimum atomic E-state index is -4.27. The molecule has 1 N–H and O–H groups in total. The van der Waals surface area contributed by atoms with Crippen molar-refractivity contribution < 1.29 is 22.7 Å². The molecule has 0 saturated carbocycles. The molecule has 134 valence electrons. The number of amides is 1. The summed E-state index contributed by atoms with van der Waals surface area (Å²) >= 11 is 0.634. The summed E-state index contributed by atoms with van der Waals surface area (Å²) in [7, 11) is 0. The monoisotopic (exact) mass is 369 g/mol. The van der Waals surface area contributed by atoms with E-state index in [9.17, 15) is 18.0 Å². The van der Waals surface area contributed by atoms with Crippen molar-refractivity contribution in [1.29, 1.82) is 0 Å². The third-order valence-corrected chi connectivity index (χ3v) is 4.39. The number of para-hydroxylation sites is 1. The Bertz CT molecular complexity index is 702. The number of aryl methyl sites for hydroxylation is 1. The molecule has 0 fully saturated rings. The number of nitrogens with one attached hydrogen (secondary N) is 1. The third kappa shape index (κ3) is 6.70. The van der Waals surface area contributed by atoms with Gasteiger partial charge in [-0.15, -0.1) is 11.8 Å². The fourth-order valence-electron chi connectivity index (χ4n) is 2.01. The first-order chi connectivity index (χ1) is 11.9.